The second kappa shape index (κ2) is 5.66. The van der Waals surface area contributed by atoms with E-state index < -0.39 is 31.3 Å². The largest absolute Gasteiger partial charge is 0.315 e. The monoisotopic (exact) mass is 317 g/mol. The molecule has 0 bridgehead atoms. The van der Waals surface area contributed by atoms with Gasteiger partial charge in [-0.2, -0.15) is 4.31 Å². The minimum atomic E-state index is -3.97. The first-order chi connectivity index (χ1) is 9.75. The van der Waals surface area contributed by atoms with Crippen molar-refractivity contribution in [1.82, 2.24) is 9.62 Å². The maximum atomic E-state index is 13.8. The fraction of sp³-hybridized carbons (Fsp3) is 0.500. The summed E-state index contributed by atoms with van der Waals surface area (Å²) in [5.41, 5.74) is -0.712. The van der Waals surface area contributed by atoms with Crippen LogP contribution in [0.1, 0.15) is 12.0 Å². The van der Waals surface area contributed by atoms with Crippen molar-refractivity contribution < 1.29 is 17.7 Å². The molecule has 0 saturated carbocycles. The van der Waals surface area contributed by atoms with Crippen molar-refractivity contribution in [3.8, 4) is 0 Å². The first-order valence-electron chi connectivity index (χ1n) is 6.38. The normalized spacial score (nSPS) is 19.1. The summed E-state index contributed by atoms with van der Waals surface area (Å²) in [6, 6.07) is 1.50. The van der Waals surface area contributed by atoms with E-state index in [9.17, 15) is 22.9 Å². The number of hydrogen-bond acceptors (Lipinski definition) is 5. The Morgan fingerprint density at radius 2 is 2.14 bits per heavy atom. The molecule has 0 amide bonds. The Hall–Kier alpha value is -1.58. The molecule has 1 heterocycles. The van der Waals surface area contributed by atoms with Gasteiger partial charge < -0.3 is 5.32 Å². The average Bonchev–Trinajstić information content (AvgIpc) is 2.94. The Morgan fingerprint density at radius 1 is 1.48 bits per heavy atom. The zero-order valence-electron chi connectivity index (χ0n) is 11.7. The number of rotatable bonds is 4. The van der Waals surface area contributed by atoms with E-state index in [1.165, 1.54) is 14.0 Å². The lowest BCUT2D eigenvalue weighted by atomic mass is 10.2. The Bertz CT molecular complexity index is 671. The summed E-state index contributed by atoms with van der Waals surface area (Å²) < 4.78 is 39.8. The summed E-state index contributed by atoms with van der Waals surface area (Å²) in [6.07, 6.45) is 0.645. The van der Waals surface area contributed by atoms with Crippen molar-refractivity contribution >= 4 is 15.7 Å². The molecule has 1 saturated heterocycles. The van der Waals surface area contributed by atoms with E-state index >= 15 is 0 Å². The number of nitrogens with one attached hydrogen (secondary N) is 1. The standard InChI is InChI=1S/C12H16FN3O4S/c1-8-11(13)5-10(6-12(8)16(17)18)21(19,20)15(2)9-3-4-14-7-9/h5-6,9,14H,3-4,7H2,1-2H3. The van der Waals surface area contributed by atoms with Gasteiger partial charge in [-0.1, -0.05) is 0 Å². The van der Waals surface area contributed by atoms with Gasteiger partial charge in [-0.15, -0.1) is 0 Å². The van der Waals surface area contributed by atoms with Gasteiger partial charge in [0, 0.05) is 25.7 Å². The SMILES string of the molecule is Cc1c(F)cc(S(=O)(=O)N(C)C2CCNC2)cc1[N+](=O)[O-]. The third kappa shape index (κ3) is 2.89. The van der Waals surface area contributed by atoms with E-state index in [1.54, 1.807) is 0 Å². The van der Waals surface area contributed by atoms with Crippen LogP contribution in [0.15, 0.2) is 17.0 Å². The molecule has 2 rings (SSSR count). The van der Waals surface area contributed by atoms with Gasteiger partial charge in [-0.05, 0) is 26.0 Å². The maximum absolute atomic E-state index is 13.8. The van der Waals surface area contributed by atoms with Crippen LogP contribution < -0.4 is 5.32 Å². The van der Waals surface area contributed by atoms with Crippen LogP contribution in [-0.4, -0.2) is 43.8 Å². The van der Waals surface area contributed by atoms with Crippen LogP contribution >= 0.6 is 0 Å². The quantitative estimate of drug-likeness (QED) is 0.661. The van der Waals surface area contributed by atoms with Crippen LogP contribution in [0.25, 0.3) is 0 Å². The zero-order valence-corrected chi connectivity index (χ0v) is 12.5. The molecule has 0 aromatic heterocycles. The molecular weight excluding hydrogens is 301 g/mol. The molecule has 0 radical (unpaired) electrons. The van der Waals surface area contributed by atoms with Gasteiger partial charge >= 0.3 is 0 Å². The summed E-state index contributed by atoms with van der Waals surface area (Å²) in [7, 11) is -2.57. The van der Waals surface area contributed by atoms with Gasteiger partial charge in [0.15, 0.2) is 0 Å². The van der Waals surface area contributed by atoms with Crippen LogP contribution in [0.5, 0.6) is 0 Å². The second-order valence-corrected chi connectivity index (χ2v) is 6.97. The van der Waals surface area contributed by atoms with E-state index in [-0.39, 0.29) is 11.6 Å². The molecule has 1 aromatic rings. The van der Waals surface area contributed by atoms with Crippen molar-refractivity contribution in [1.29, 1.82) is 0 Å². The van der Waals surface area contributed by atoms with Crippen molar-refractivity contribution in [3.05, 3.63) is 33.6 Å². The molecule has 1 aliphatic rings. The number of hydrogen-bond donors (Lipinski definition) is 1. The molecule has 1 unspecified atom stereocenters. The minimum absolute atomic E-state index is 0.177. The fourth-order valence-electron chi connectivity index (χ4n) is 2.29. The molecule has 9 heteroatoms. The molecule has 1 fully saturated rings. The zero-order chi connectivity index (χ0) is 15.8. The average molecular weight is 317 g/mol. The van der Waals surface area contributed by atoms with E-state index in [1.807, 2.05) is 0 Å². The van der Waals surface area contributed by atoms with E-state index in [4.69, 9.17) is 0 Å². The van der Waals surface area contributed by atoms with Crippen molar-refractivity contribution in [2.45, 2.75) is 24.3 Å². The van der Waals surface area contributed by atoms with E-state index in [0.717, 1.165) is 16.4 Å². The van der Waals surface area contributed by atoms with E-state index in [2.05, 4.69) is 5.32 Å². The number of sulfonamides is 1. The summed E-state index contributed by atoms with van der Waals surface area (Å²) in [5.74, 6) is -0.902. The van der Waals surface area contributed by atoms with Gasteiger partial charge in [-0.3, -0.25) is 10.1 Å². The Kier molecular flexibility index (Phi) is 4.26. The highest BCUT2D eigenvalue weighted by Gasteiger charge is 2.32. The van der Waals surface area contributed by atoms with Crippen LogP contribution in [0.2, 0.25) is 0 Å². The second-order valence-electron chi connectivity index (χ2n) is 4.97. The topological polar surface area (TPSA) is 92.6 Å². The Morgan fingerprint density at radius 3 is 2.67 bits per heavy atom. The highest BCUT2D eigenvalue weighted by molar-refractivity contribution is 7.89. The predicted molar refractivity (Wildman–Crippen MR) is 74.0 cm³/mol. The Labute approximate surface area is 122 Å². The maximum Gasteiger partial charge on any atom is 0.276 e. The Balaban J connectivity index is 2.47. The number of nitro groups is 1. The molecule has 0 spiro atoms. The van der Waals surface area contributed by atoms with Crippen molar-refractivity contribution in [3.63, 3.8) is 0 Å². The van der Waals surface area contributed by atoms with E-state index in [0.29, 0.717) is 19.5 Å². The smallest absolute Gasteiger partial charge is 0.276 e. The van der Waals surface area contributed by atoms with Gasteiger partial charge in [0.25, 0.3) is 5.69 Å². The lowest BCUT2D eigenvalue weighted by Gasteiger charge is -2.23. The highest BCUT2D eigenvalue weighted by Crippen LogP contribution is 2.28. The molecule has 116 valence electrons. The molecule has 0 aliphatic carbocycles. The number of nitro benzene ring substituents is 1. The van der Waals surface area contributed by atoms with Crippen LogP contribution in [0, 0.1) is 22.9 Å². The van der Waals surface area contributed by atoms with Gasteiger partial charge in [-0.25, -0.2) is 12.8 Å². The van der Waals surface area contributed by atoms with Crippen LogP contribution in [0.4, 0.5) is 10.1 Å². The van der Waals surface area contributed by atoms with Crippen LogP contribution in [0.3, 0.4) is 0 Å². The highest BCUT2D eigenvalue weighted by atomic mass is 32.2. The van der Waals surface area contributed by atoms with Crippen LogP contribution in [-0.2, 0) is 10.0 Å². The lowest BCUT2D eigenvalue weighted by Crippen LogP contribution is -2.38. The first-order valence-corrected chi connectivity index (χ1v) is 7.82. The van der Waals surface area contributed by atoms with Crippen molar-refractivity contribution in [2.75, 3.05) is 20.1 Å². The number of halogens is 1. The minimum Gasteiger partial charge on any atom is -0.315 e. The molecule has 1 N–H and O–H groups in total. The van der Waals surface area contributed by atoms with Crippen molar-refractivity contribution in [2.24, 2.45) is 0 Å². The molecule has 21 heavy (non-hydrogen) atoms. The first kappa shape index (κ1) is 15.8. The number of nitrogens with zero attached hydrogens (tertiary/aromatic N) is 2. The molecule has 1 aromatic carbocycles. The molecular formula is C12H16FN3O4S. The predicted octanol–water partition coefficient (Wildman–Crippen LogP) is 1.02. The summed E-state index contributed by atoms with van der Waals surface area (Å²) in [6.45, 7) is 2.45. The molecule has 1 aliphatic heterocycles. The fourth-order valence-corrected chi connectivity index (χ4v) is 3.71. The van der Waals surface area contributed by atoms with Gasteiger partial charge in [0.05, 0.1) is 15.4 Å². The summed E-state index contributed by atoms with van der Waals surface area (Å²) >= 11 is 0. The lowest BCUT2D eigenvalue weighted by molar-refractivity contribution is -0.385. The summed E-state index contributed by atoms with van der Waals surface area (Å²) in [4.78, 5) is 9.72. The van der Waals surface area contributed by atoms with Gasteiger partial charge in [0.1, 0.15) is 5.82 Å². The molecule has 7 nitrogen and oxygen atoms in total. The third-order valence-electron chi connectivity index (χ3n) is 3.71. The number of likely N-dealkylation sites (N-methyl/N-ethyl adjacent to an activating group) is 1. The molecule has 1 atom stereocenters. The number of benzene rings is 1. The van der Waals surface area contributed by atoms with Gasteiger partial charge in [0.2, 0.25) is 10.0 Å². The third-order valence-corrected chi connectivity index (χ3v) is 5.60. The summed E-state index contributed by atoms with van der Waals surface area (Å²) in [5, 5.41) is 13.9.